The summed E-state index contributed by atoms with van der Waals surface area (Å²) in [7, 11) is -3.60. The molecule has 1 fully saturated rings. The number of hydrogen-bond acceptors (Lipinski definition) is 5. The standard InChI is InChI=1S/C17H14Cl2N2O3S2/c18-11-5-6-12(14(19)9-11)17-21(7-8-25-17)26(22,23)10-15-13-3-1-2-4-16(13)24-20-15/h1-6,9,17H,7-8,10H2. The van der Waals surface area contributed by atoms with Crippen LogP contribution in [-0.4, -0.2) is 30.2 Å². The maximum absolute atomic E-state index is 13.1. The maximum Gasteiger partial charge on any atom is 0.221 e. The monoisotopic (exact) mass is 428 g/mol. The maximum atomic E-state index is 13.1. The summed E-state index contributed by atoms with van der Waals surface area (Å²) in [6.07, 6.45) is 0. The van der Waals surface area contributed by atoms with Crippen molar-refractivity contribution in [2.75, 3.05) is 12.3 Å². The van der Waals surface area contributed by atoms with Gasteiger partial charge >= 0.3 is 0 Å². The van der Waals surface area contributed by atoms with E-state index in [-0.39, 0.29) is 11.1 Å². The number of benzene rings is 2. The lowest BCUT2D eigenvalue weighted by atomic mass is 10.2. The van der Waals surface area contributed by atoms with Crippen LogP contribution in [0.3, 0.4) is 0 Å². The number of rotatable bonds is 4. The van der Waals surface area contributed by atoms with Crippen LogP contribution in [0, 0.1) is 0 Å². The molecule has 1 unspecified atom stereocenters. The van der Waals surface area contributed by atoms with Crippen molar-refractivity contribution in [3.63, 3.8) is 0 Å². The molecule has 1 aliphatic heterocycles. The number of sulfonamides is 1. The Hall–Kier alpha value is -1.25. The van der Waals surface area contributed by atoms with Crippen LogP contribution >= 0.6 is 35.0 Å². The Morgan fingerprint density at radius 1 is 1.23 bits per heavy atom. The SMILES string of the molecule is O=S(=O)(Cc1noc2ccccc12)N1CCSC1c1ccc(Cl)cc1Cl. The van der Waals surface area contributed by atoms with E-state index in [0.717, 1.165) is 5.56 Å². The molecule has 136 valence electrons. The fourth-order valence-corrected chi connectivity index (χ4v) is 6.93. The lowest BCUT2D eigenvalue weighted by Crippen LogP contribution is -2.31. The first-order chi connectivity index (χ1) is 12.5. The highest BCUT2D eigenvalue weighted by Gasteiger charge is 2.37. The molecule has 0 radical (unpaired) electrons. The minimum Gasteiger partial charge on any atom is -0.356 e. The average Bonchev–Trinajstić information content (AvgIpc) is 3.23. The van der Waals surface area contributed by atoms with Crippen molar-refractivity contribution in [1.29, 1.82) is 0 Å². The summed E-state index contributed by atoms with van der Waals surface area (Å²) in [6.45, 7) is 0.423. The molecule has 2 heterocycles. The molecule has 2 aromatic carbocycles. The third-order valence-corrected chi connectivity index (χ3v) is 7.89. The molecule has 1 atom stereocenters. The summed E-state index contributed by atoms with van der Waals surface area (Å²) in [5, 5.41) is 5.27. The van der Waals surface area contributed by atoms with Crippen molar-refractivity contribution in [3.8, 4) is 0 Å². The molecule has 26 heavy (non-hydrogen) atoms. The zero-order chi connectivity index (χ0) is 18.3. The lowest BCUT2D eigenvalue weighted by Gasteiger charge is -2.24. The molecule has 4 rings (SSSR count). The Morgan fingerprint density at radius 2 is 2.04 bits per heavy atom. The van der Waals surface area contributed by atoms with Crippen LogP contribution in [0.4, 0.5) is 0 Å². The first kappa shape index (κ1) is 18.1. The number of hydrogen-bond donors (Lipinski definition) is 0. The summed E-state index contributed by atoms with van der Waals surface area (Å²) in [6, 6.07) is 12.4. The van der Waals surface area contributed by atoms with Crippen molar-refractivity contribution in [3.05, 3.63) is 63.8 Å². The van der Waals surface area contributed by atoms with E-state index in [1.807, 2.05) is 18.2 Å². The van der Waals surface area contributed by atoms with Gasteiger partial charge in [-0.05, 0) is 29.8 Å². The third-order valence-electron chi connectivity index (χ3n) is 4.21. The molecule has 3 aromatic rings. The Kier molecular flexibility index (Phi) is 4.92. The van der Waals surface area contributed by atoms with E-state index in [1.54, 1.807) is 36.0 Å². The van der Waals surface area contributed by atoms with Gasteiger partial charge in [-0.1, -0.05) is 46.6 Å². The predicted octanol–water partition coefficient (Wildman–Crippen LogP) is 4.71. The first-order valence-electron chi connectivity index (χ1n) is 7.85. The summed E-state index contributed by atoms with van der Waals surface area (Å²) < 4.78 is 32.8. The quantitative estimate of drug-likeness (QED) is 0.601. The molecule has 0 bridgehead atoms. The van der Waals surface area contributed by atoms with Gasteiger partial charge in [-0.3, -0.25) is 0 Å². The highest BCUT2D eigenvalue weighted by molar-refractivity contribution is 8.00. The predicted molar refractivity (Wildman–Crippen MR) is 105 cm³/mol. The van der Waals surface area contributed by atoms with Crippen LogP contribution in [0.25, 0.3) is 11.0 Å². The highest BCUT2D eigenvalue weighted by Crippen LogP contribution is 2.43. The van der Waals surface area contributed by atoms with Crippen LogP contribution in [-0.2, 0) is 15.8 Å². The number of para-hydroxylation sites is 1. The Balaban J connectivity index is 1.66. The summed E-state index contributed by atoms with van der Waals surface area (Å²) in [4.78, 5) is 0. The van der Waals surface area contributed by atoms with Gasteiger partial charge in [0, 0.05) is 27.7 Å². The minimum absolute atomic E-state index is 0.216. The second-order valence-electron chi connectivity index (χ2n) is 5.88. The topological polar surface area (TPSA) is 63.4 Å². The zero-order valence-corrected chi connectivity index (χ0v) is 16.6. The van der Waals surface area contributed by atoms with E-state index in [9.17, 15) is 8.42 Å². The van der Waals surface area contributed by atoms with Gasteiger partial charge in [0.1, 0.15) is 11.4 Å². The Morgan fingerprint density at radius 3 is 2.85 bits per heavy atom. The number of nitrogens with zero attached hydrogens (tertiary/aromatic N) is 2. The summed E-state index contributed by atoms with van der Waals surface area (Å²) in [5.74, 6) is 0.481. The largest absolute Gasteiger partial charge is 0.356 e. The second kappa shape index (κ2) is 7.05. The molecule has 1 aliphatic rings. The summed E-state index contributed by atoms with van der Waals surface area (Å²) in [5.41, 5.74) is 1.73. The number of halogens is 2. The van der Waals surface area contributed by atoms with Crippen LogP contribution in [0.2, 0.25) is 10.0 Å². The number of aromatic nitrogens is 1. The van der Waals surface area contributed by atoms with Crippen LogP contribution in [0.15, 0.2) is 47.0 Å². The van der Waals surface area contributed by atoms with Gasteiger partial charge in [0.2, 0.25) is 10.0 Å². The Labute approximate surface area is 165 Å². The van der Waals surface area contributed by atoms with Gasteiger partial charge in [-0.25, -0.2) is 8.42 Å². The fraction of sp³-hybridized carbons (Fsp3) is 0.235. The van der Waals surface area contributed by atoms with Gasteiger partial charge in [0.25, 0.3) is 0 Å². The first-order valence-corrected chi connectivity index (χ1v) is 11.3. The molecule has 1 saturated heterocycles. The van der Waals surface area contributed by atoms with E-state index in [1.165, 1.54) is 4.31 Å². The van der Waals surface area contributed by atoms with Crippen molar-refractivity contribution < 1.29 is 12.9 Å². The van der Waals surface area contributed by atoms with Crippen LogP contribution < -0.4 is 0 Å². The molecule has 9 heteroatoms. The third kappa shape index (κ3) is 3.34. The van der Waals surface area contributed by atoms with E-state index in [4.69, 9.17) is 27.7 Å². The Bertz CT molecular complexity index is 1070. The van der Waals surface area contributed by atoms with Gasteiger partial charge in [-0.15, -0.1) is 11.8 Å². The second-order valence-corrected chi connectivity index (χ2v) is 9.83. The van der Waals surface area contributed by atoms with Gasteiger partial charge in [-0.2, -0.15) is 4.31 Å². The van der Waals surface area contributed by atoms with Crippen LogP contribution in [0.5, 0.6) is 0 Å². The van der Waals surface area contributed by atoms with E-state index < -0.39 is 10.0 Å². The molecular weight excluding hydrogens is 415 g/mol. The normalized spacial score (nSPS) is 18.6. The molecule has 0 spiro atoms. The lowest BCUT2D eigenvalue weighted by molar-refractivity contribution is 0.427. The van der Waals surface area contributed by atoms with Crippen molar-refractivity contribution in [2.24, 2.45) is 0 Å². The minimum atomic E-state index is -3.60. The molecule has 1 aromatic heterocycles. The molecule has 5 nitrogen and oxygen atoms in total. The molecular formula is C17H14Cl2N2O3S2. The zero-order valence-electron chi connectivity index (χ0n) is 13.4. The van der Waals surface area contributed by atoms with Crippen molar-refractivity contribution in [2.45, 2.75) is 11.1 Å². The van der Waals surface area contributed by atoms with Crippen molar-refractivity contribution >= 4 is 56.0 Å². The van der Waals surface area contributed by atoms with Gasteiger partial charge in [0.15, 0.2) is 5.58 Å². The molecule has 0 saturated carbocycles. The van der Waals surface area contributed by atoms with E-state index >= 15 is 0 Å². The van der Waals surface area contributed by atoms with E-state index in [0.29, 0.717) is 39.0 Å². The highest BCUT2D eigenvalue weighted by atomic mass is 35.5. The summed E-state index contributed by atoms with van der Waals surface area (Å²) >= 11 is 13.8. The van der Waals surface area contributed by atoms with E-state index in [2.05, 4.69) is 5.16 Å². The number of thioether (sulfide) groups is 1. The van der Waals surface area contributed by atoms with Crippen molar-refractivity contribution in [1.82, 2.24) is 9.46 Å². The molecule has 0 N–H and O–H groups in total. The fourth-order valence-electron chi connectivity index (χ4n) is 2.98. The average molecular weight is 429 g/mol. The van der Waals surface area contributed by atoms with Gasteiger partial charge < -0.3 is 4.52 Å². The van der Waals surface area contributed by atoms with Crippen LogP contribution in [0.1, 0.15) is 16.6 Å². The number of fused-ring (bicyclic) bond motifs is 1. The molecule has 0 aliphatic carbocycles. The smallest absolute Gasteiger partial charge is 0.221 e. The molecule has 0 amide bonds. The van der Waals surface area contributed by atoms with Gasteiger partial charge in [0.05, 0.1) is 5.37 Å².